The average molecular weight is 285 g/mol. The van der Waals surface area contributed by atoms with Gasteiger partial charge in [-0.15, -0.1) is 0 Å². The second kappa shape index (κ2) is 6.87. The first-order valence-corrected chi connectivity index (χ1v) is 7.75. The Labute approximate surface area is 126 Å². The maximum atomic E-state index is 6.08. The quantitative estimate of drug-likeness (QED) is 0.918. The SMILES string of the molecule is CNC1CCCCC1OCc1ccn(-c2ccccc2)n1. The summed E-state index contributed by atoms with van der Waals surface area (Å²) in [5.74, 6) is 0. The summed E-state index contributed by atoms with van der Waals surface area (Å²) < 4.78 is 7.98. The molecule has 0 saturated heterocycles. The van der Waals surface area contributed by atoms with Crippen molar-refractivity contribution >= 4 is 0 Å². The molecule has 1 aromatic carbocycles. The predicted molar refractivity (Wildman–Crippen MR) is 83.5 cm³/mol. The Morgan fingerprint density at radius 3 is 2.81 bits per heavy atom. The fraction of sp³-hybridized carbons (Fsp3) is 0.471. The number of aromatic nitrogens is 2. The van der Waals surface area contributed by atoms with Gasteiger partial charge >= 0.3 is 0 Å². The molecule has 112 valence electrons. The summed E-state index contributed by atoms with van der Waals surface area (Å²) in [6.07, 6.45) is 7.22. The van der Waals surface area contributed by atoms with E-state index in [1.807, 2.05) is 42.2 Å². The first-order chi connectivity index (χ1) is 10.4. The fourth-order valence-corrected chi connectivity index (χ4v) is 2.98. The van der Waals surface area contributed by atoms with E-state index < -0.39 is 0 Å². The molecule has 0 radical (unpaired) electrons. The van der Waals surface area contributed by atoms with Crippen LogP contribution in [0.4, 0.5) is 0 Å². The van der Waals surface area contributed by atoms with Gasteiger partial charge in [0, 0.05) is 12.2 Å². The summed E-state index contributed by atoms with van der Waals surface area (Å²) in [7, 11) is 2.02. The lowest BCUT2D eigenvalue weighted by Gasteiger charge is -2.30. The van der Waals surface area contributed by atoms with Gasteiger partial charge in [-0.25, -0.2) is 4.68 Å². The Morgan fingerprint density at radius 2 is 2.00 bits per heavy atom. The highest BCUT2D eigenvalue weighted by atomic mass is 16.5. The molecule has 0 aliphatic heterocycles. The van der Waals surface area contributed by atoms with Crippen LogP contribution < -0.4 is 5.32 Å². The lowest BCUT2D eigenvalue weighted by Crippen LogP contribution is -2.41. The van der Waals surface area contributed by atoms with Crippen LogP contribution in [0.5, 0.6) is 0 Å². The monoisotopic (exact) mass is 285 g/mol. The number of ether oxygens (including phenoxy) is 1. The molecular weight excluding hydrogens is 262 g/mol. The summed E-state index contributed by atoms with van der Waals surface area (Å²) in [6.45, 7) is 0.586. The molecule has 21 heavy (non-hydrogen) atoms. The average Bonchev–Trinajstić information content (AvgIpc) is 3.03. The summed E-state index contributed by atoms with van der Waals surface area (Å²) in [4.78, 5) is 0. The predicted octanol–water partition coefficient (Wildman–Crippen LogP) is 2.92. The molecule has 4 nitrogen and oxygen atoms in total. The van der Waals surface area contributed by atoms with Gasteiger partial charge in [0.05, 0.1) is 24.1 Å². The third-order valence-electron chi connectivity index (χ3n) is 4.18. The van der Waals surface area contributed by atoms with Crippen molar-refractivity contribution < 1.29 is 4.74 Å². The molecule has 0 spiro atoms. The van der Waals surface area contributed by atoms with Crippen LogP contribution in [-0.4, -0.2) is 29.0 Å². The van der Waals surface area contributed by atoms with Crippen molar-refractivity contribution in [1.29, 1.82) is 0 Å². The van der Waals surface area contributed by atoms with Gasteiger partial charge in [-0.3, -0.25) is 0 Å². The highest BCUT2D eigenvalue weighted by molar-refractivity contribution is 5.30. The topological polar surface area (TPSA) is 39.1 Å². The van der Waals surface area contributed by atoms with Crippen molar-refractivity contribution in [3.05, 3.63) is 48.3 Å². The molecule has 1 aromatic heterocycles. The molecule has 3 rings (SSSR count). The molecule has 2 unspecified atom stereocenters. The minimum atomic E-state index is 0.311. The standard InChI is InChI=1S/C17H23N3O/c1-18-16-9-5-6-10-17(16)21-13-14-11-12-20(19-14)15-7-3-2-4-8-15/h2-4,7-8,11-12,16-18H,5-6,9-10,13H2,1H3. The smallest absolute Gasteiger partial charge is 0.0911 e. The molecule has 4 heteroatoms. The number of likely N-dealkylation sites (N-methyl/N-ethyl adjacent to an activating group) is 1. The number of hydrogen-bond donors (Lipinski definition) is 1. The lowest BCUT2D eigenvalue weighted by molar-refractivity contribution is -0.00510. The molecule has 1 saturated carbocycles. The van der Waals surface area contributed by atoms with E-state index in [9.17, 15) is 0 Å². The molecule has 1 fully saturated rings. The Balaban J connectivity index is 1.60. The van der Waals surface area contributed by atoms with E-state index in [2.05, 4.69) is 22.5 Å². The Morgan fingerprint density at radius 1 is 1.19 bits per heavy atom. The van der Waals surface area contributed by atoms with Crippen LogP contribution in [0.2, 0.25) is 0 Å². The normalized spacial score (nSPS) is 22.3. The van der Waals surface area contributed by atoms with Crippen molar-refractivity contribution in [2.24, 2.45) is 0 Å². The van der Waals surface area contributed by atoms with Gasteiger partial charge in [0.15, 0.2) is 0 Å². The van der Waals surface area contributed by atoms with Crippen LogP contribution in [0.3, 0.4) is 0 Å². The zero-order valence-electron chi connectivity index (χ0n) is 12.5. The molecule has 1 aliphatic rings. The van der Waals surface area contributed by atoms with E-state index in [1.165, 1.54) is 19.3 Å². The van der Waals surface area contributed by atoms with E-state index in [-0.39, 0.29) is 0 Å². The van der Waals surface area contributed by atoms with Crippen LogP contribution >= 0.6 is 0 Å². The zero-order valence-corrected chi connectivity index (χ0v) is 12.5. The van der Waals surface area contributed by atoms with E-state index >= 15 is 0 Å². The van der Waals surface area contributed by atoms with Crippen LogP contribution in [0.25, 0.3) is 5.69 Å². The van der Waals surface area contributed by atoms with Crippen molar-refractivity contribution in [3.8, 4) is 5.69 Å². The fourth-order valence-electron chi connectivity index (χ4n) is 2.98. The summed E-state index contributed by atoms with van der Waals surface area (Å²) in [5, 5.41) is 7.96. The second-order valence-electron chi connectivity index (χ2n) is 5.62. The summed E-state index contributed by atoms with van der Waals surface area (Å²) >= 11 is 0. The van der Waals surface area contributed by atoms with E-state index in [1.54, 1.807) is 0 Å². The summed E-state index contributed by atoms with van der Waals surface area (Å²) in [5.41, 5.74) is 2.06. The Kier molecular flexibility index (Phi) is 4.68. The first kappa shape index (κ1) is 14.3. The van der Waals surface area contributed by atoms with Crippen LogP contribution in [0.15, 0.2) is 42.6 Å². The zero-order chi connectivity index (χ0) is 14.5. The Bertz CT molecular complexity index is 552. The van der Waals surface area contributed by atoms with Crippen molar-refractivity contribution in [1.82, 2.24) is 15.1 Å². The lowest BCUT2D eigenvalue weighted by atomic mass is 9.92. The van der Waals surface area contributed by atoms with Crippen molar-refractivity contribution in [2.45, 2.75) is 44.4 Å². The number of rotatable bonds is 5. The van der Waals surface area contributed by atoms with Gasteiger partial charge in [0.1, 0.15) is 0 Å². The Hall–Kier alpha value is -1.65. The maximum Gasteiger partial charge on any atom is 0.0911 e. The van der Waals surface area contributed by atoms with E-state index in [4.69, 9.17) is 4.74 Å². The van der Waals surface area contributed by atoms with Gasteiger partial charge in [-0.05, 0) is 38.1 Å². The minimum Gasteiger partial charge on any atom is -0.370 e. The van der Waals surface area contributed by atoms with Gasteiger partial charge in [0.25, 0.3) is 0 Å². The van der Waals surface area contributed by atoms with Crippen LogP contribution in [0, 0.1) is 0 Å². The van der Waals surface area contributed by atoms with Crippen molar-refractivity contribution in [2.75, 3.05) is 7.05 Å². The summed E-state index contributed by atoms with van der Waals surface area (Å²) in [6, 6.07) is 12.7. The van der Waals surface area contributed by atoms with Crippen molar-refractivity contribution in [3.63, 3.8) is 0 Å². The molecule has 2 aromatic rings. The molecular formula is C17H23N3O. The van der Waals surface area contributed by atoms with Gasteiger partial charge in [-0.1, -0.05) is 31.0 Å². The van der Waals surface area contributed by atoms with E-state index in [0.717, 1.165) is 17.8 Å². The third kappa shape index (κ3) is 3.52. The third-order valence-corrected chi connectivity index (χ3v) is 4.18. The number of para-hydroxylation sites is 1. The molecule has 1 heterocycles. The highest BCUT2D eigenvalue weighted by Crippen LogP contribution is 2.22. The minimum absolute atomic E-state index is 0.311. The first-order valence-electron chi connectivity index (χ1n) is 7.75. The second-order valence-corrected chi connectivity index (χ2v) is 5.62. The van der Waals surface area contributed by atoms with Gasteiger partial charge < -0.3 is 10.1 Å². The molecule has 0 amide bonds. The maximum absolute atomic E-state index is 6.08. The molecule has 1 N–H and O–H groups in total. The number of hydrogen-bond acceptors (Lipinski definition) is 3. The number of nitrogens with zero attached hydrogens (tertiary/aromatic N) is 2. The highest BCUT2D eigenvalue weighted by Gasteiger charge is 2.24. The van der Waals surface area contributed by atoms with Crippen LogP contribution in [0.1, 0.15) is 31.4 Å². The van der Waals surface area contributed by atoms with E-state index in [0.29, 0.717) is 18.8 Å². The van der Waals surface area contributed by atoms with Gasteiger partial charge in [0.2, 0.25) is 0 Å². The molecule has 0 bridgehead atoms. The molecule has 2 atom stereocenters. The number of nitrogens with one attached hydrogen (secondary N) is 1. The molecule has 1 aliphatic carbocycles. The van der Waals surface area contributed by atoms with Gasteiger partial charge in [-0.2, -0.15) is 5.10 Å². The largest absolute Gasteiger partial charge is 0.370 e. The van der Waals surface area contributed by atoms with Crippen LogP contribution in [-0.2, 0) is 11.3 Å². The number of benzene rings is 1.